The molecular formula is C19H28N2O2. The molecule has 1 unspecified atom stereocenters. The summed E-state index contributed by atoms with van der Waals surface area (Å²) in [5, 5.41) is 10.0. The first-order valence-electron chi connectivity index (χ1n) is 8.47. The zero-order valence-electron chi connectivity index (χ0n) is 14.1. The van der Waals surface area contributed by atoms with Crippen molar-refractivity contribution in [2.24, 2.45) is 0 Å². The van der Waals surface area contributed by atoms with Gasteiger partial charge in [0.15, 0.2) is 0 Å². The first-order chi connectivity index (χ1) is 11.1. The van der Waals surface area contributed by atoms with Crippen molar-refractivity contribution >= 4 is 5.91 Å². The van der Waals surface area contributed by atoms with Gasteiger partial charge in [-0.05, 0) is 44.9 Å². The highest BCUT2D eigenvalue weighted by Crippen LogP contribution is 2.12. The minimum atomic E-state index is -0.313. The van der Waals surface area contributed by atoms with Crippen LogP contribution in [0.4, 0.5) is 0 Å². The number of hydrogen-bond donors (Lipinski definition) is 1. The number of rotatable bonds is 6. The highest BCUT2D eigenvalue weighted by molar-refractivity contribution is 5.94. The van der Waals surface area contributed by atoms with Crippen LogP contribution in [-0.4, -0.2) is 59.6 Å². The molecule has 2 rings (SSSR count). The standard InChI is InChI=1S/C19H28N2O2/c1-3-4-9-18(22)15-20-10-6-11-21(13-12-20)19(23)17-8-5-7-16(2)14-17/h3,5,7-8,14,18,22H,1,4,6,9-13,15H2,2H3. The summed E-state index contributed by atoms with van der Waals surface area (Å²) >= 11 is 0. The van der Waals surface area contributed by atoms with Gasteiger partial charge in [0, 0.05) is 31.7 Å². The number of hydrogen-bond acceptors (Lipinski definition) is 3. The van der Waals surface area contributed by atoms with E-state index in [0.29, 0.717) is 6.54 Å². The Morgan fingerprint density at radius 3 is 2.91 bits per heavy atom. The van der Waals surface area contributed by atoms with Crippen LogP contribution in [0.3, 0.4) is 0 Å². The monoisotopic (exact) mass is 316 g/mol. The summed E-state index contributed by atoms with van der Waals surface area (Å²) < 4.78 is 0. The predicted molar refractivity (Wildman–Crippen MR) is 93.6 cm³/mol. The third-order valence-corrected chi connectivity index (χ3v) is 4.31. The van der Waals surface area contributed by atoms with Crippen molar-refractivity contribution in [3.63, 3.8) is 0 Å². The maximum Gasteiger partial charge on any atom is 0.253 e. The summed E-state index contributed by atoms with van der Waals surface area (Å²) in [6.45, 7) is 9.64. The smallest absolute Gasteiger partial charge is 0.253 e. The Kier molecular flexibility index (Phi) is 6.81. The summed E-state index contributed by atoms with van der Waals surface area (Å²) in [5.74, 6) is 0.114. The van der Waals surface area contributed by atoms with Crippen molar-refractivity contribution in [2.75, 3.05) is 32.7 Å². The molecule has 1 saturated heterocycles. The molecule has 0 aliphatic carbocycles. The van der Waals surface area contributed by atoms with E-state index in [-0.39, 0.29) is 12.0 Å². The average molecular weight is 316 g/mol. The number of amides is 1. The summed E-state index contributed by atoms with van der Waals surface area (Å²) in [6, 6.07) is 7.77. The largest absolute Gasteiger partial charge is 0.392 e. The summed E-state index contributed by atoms with van der Waals surface area (Å²) in [7, 11) is 0. The second-order valence-electron chi connectivity index (χ2n) is 6.34. The molecule has 1 aromatic rings. The van der Waals surface area contributed by atoms with E-state index in [1.165, 1.54) is 0 Å². The lowest BCUT2D eigenvalue weighted by atomic mass is 10.1. The van der Waals surface area contributed by atoms with E-state index >= 15 is 0 Å². The molecule has 1 aliphatic rings. The van der Waals surface area contributed by atoms with Crippen LogP contribution in [0.2, 0.25) is 0 Å². The van der Waals surface area contributed by atoms with E-state index < -0.39 is 0 Å². The minimum Gasteiger partial charge on any atom is -0.392 e. The molecule has 1 N–H and O–H groups in total. The molecule has 1 fully saturated rings. The molecule has 0 saturated carbocycles. The Balaban J connectivity index is 1.88. The Hall–Kier alpha value is -1.65. The van der Waals surface area contributed by atoms with Crippen LogP contribution in [0.25, 0.3) is 0 Å². The van der Waals surface area contributed by atoms with E-state index in [1.54, 1.807) is 0 Å². The molecule has 1 amide bonds. The molecule has 1 atom stereocenters. The van der Waals surface area contributed by atoms with E-state index in [4.69, 9.17) is 0 Å². The van der Waals surface area contributed by atoms with Gasteiger partial charge in [-0.15, -0.1) is 6.58 Å². The SMILES string of the molecule is C=CCCC(O)CN1CCCN(C(=O)c2cccc(C)c2)CC1. The number of carbonyl (C=O) groups excluding carboxylic acids is 1. The number of aliphatic hydroxyl groups is 1. The number of β-amino-alcohol motifs (C(OH)–C–C–N with tert-alkyl or cyclic N) is 1. The van der Waals surface area contributed by atoms with Gasteiger partial charge in [0.2, 0.25) is 0 Å². The topological polar surface area (TPSA) is 43.8 Å². The summed E-state index contributed by atoms with van der Waals surface area (Å²) in [5.41, 5.74) is 1.88. The number of aryl methyl sites for hydroxylation is 1. The molecule has 4 heteroatoms. The van der Waals surface area contributed by atoms with Gasteiger partial charge in [0.25, 0.3) is 5.91 Å². The highest BCUT2D eigenvalue weighted by Gasteiger charge is 2.21. The van der Waals surface area contributed by atoms with Gasteiger partial charge in [-0.3, -0.25) is 9.69 Å². The summed E-state index contributed by atoms with van der Waals surface area (Å²) in [4.78, 5) is 16.8. The third-order valence-electron chi connectivity index (χ3n) is 4.31. The number of allylic oxidation sites excluding steroid dienone is 1. The normalized spacial score (nSPS) is 17.6. The third kappa shape index (κ3) is 5.48. The second-order valence-corrected chi connectivity index (χ2v) is 6.34. The molecule has 0 radical (unpaired) electrons. The van der Waals surface area contributed by atoms with E-state index in [9.17, 15) is 9.90 Å². The van der Waals surface area contributed by atoms with Crippen molar-refractivity contribution in [1.82, 2.24) is 9.80 Å². The fourth-order valence-electron chi connectivity index (χ4n) is 3.02. The Morgan fingerprint density at radius 2 is 2.17 bits per heavy atom. The van der Waals surface area contributed by atoms with Crippen LogP contribution < -0.4 is 0 Å². The first-order valence-corrected chi connectivity index (χ1v) is 8.47. The Morgan fingerprint density at radius 1 is 1.35 bits per heavy atom. The fraction of sp³-hybridized carbons (Fsp3) is 0.526. The van der Waals surface area contributed by atoms with Crippen LogP contribution in [0, 0.1) is 6.92 Å². The van der Waals surface area contributed by atoms with Crippen molar-refractivity contribution in [3.05, 3.63) is 48.0 Å². The van der Waals surface area contributed by atoms with E-state index in [1.807, 2.05) is 42.2 Å². The molecule has 1 aliphatic heterocycles. The zero-order valence-corrected chi connectivity index (χ0v) is 14.1. The number of nitrogens with zero attached hydrogens (tertiary/aromatic N) is 2. The van der Waals surface area contributed by atoms with Crippen LogP contribution >= 0.6 is 0 Å². The van der Waals surface area contributed by atoms with Crippen LogP contribution in [0.5, 0.6) is 0 Å². The molecule has 0 aromatic heterocycles. The van der Waals surface area contributed by atoms with Crippen molar-refractivity contribution < 1.29 is 9.90 Å². The molecule has 1 heterocycles. The van der Waals surface area contributed by atoms with Gasteiger partial charge in [-0.2, -0.15) is 0 Å². The highest BCUT2D eigenvalue weighted by atomic mass is 16.3. The van der Waals surface area contributed by atoms with Gasteiger partial charge in [-0.1, -0.05) is 23.8 Å². The van der Waals surface area contributed by atoms with Crippen LogP contribution in [0.1, 0.15) is 35.2 Å². The van der Waals surface area contributed by atoms with Crippen molar-refractivity contribution in [1.29, 1.82) is 0 Å². The minimum absolute atomic E-state index is 0.114. The van der Waals surface area contributed by atoms with Gasteiger partial charge < -0.3 is 10.0 Å². The van der Waals surface area contributed by atoms with Crippen molar-refractivity contribution in [3.8, 4) is 0 Å². The molecule has 0 spiro atoms. The molecular weight excluding hydrogens is 288 g/mol. The second kappa shape index (κ2) is 8.85. The number of carbonyl (C=O) groups is 1. The maximum atomic E-state index is 12.6. The van der Waals surface area contributed by atoms with Crippen LogP contribution in [-0.2, 0) is 0 Å². The molecule has 23 heavy (non-hydrogen) atoms. The maximum absolute atomic E-state index is 12.6. The Labute approximate surface area is 139 Å². The molecule has 1 aromatic carbocycles. The van der Waals surface area contributed by atoms with E-state index in [2.05, 4.69) is 11.5 Å². The van der Waals surface area contributed by atoms with Crippen LogP contribution in [0.15, 0.2) is 36.9 Å². The van der Waals surface area contributed by atoms with Gasteiger partial charge in [0.05, 0.1) is 6.10 Å². The fourth-order valence-corrected chi connectivity index (χ4v) is 3.02. The first kappa shape index (κ1) is 17.7. The average Bonchev–Trinajstić information content (AvgIpc) is 2.78. The van der Waals surface area contributed by atoms with Gasteiger partial charge in [0.1, 0.15) is 0 Å². The van der Waals surface area contributed by atoms with E-state index in [0.717, 1.165) is 56.6 Å². The lowest BCUT2D eigenvalue weighted by Gasteiger charge is -2.24. The predicted octanol–water partition coefficient (Wildman–Crippen LogP) is 2.47. The van der Waals surface area contributed by atoms with Gasteiger partial charge >= 0.3 is 0 Å². The lowest BCUT2D eigenvalue weighted by molar-refractivity contribution is 0.0753. The number of benzene rings is 1. The number of aliphatic hydroxyl groups excluding tert-OH is 1. The quantitative estimate of drug-likeness (QED) is 0.820. The Bertz CT molecular complexity index is 530. The van der Waals surface area contributed by atoms with Gasteiger partial charge in [-0.25, -0.2) is 0 Å². The molecule has 126 valence electrons. The van der Waals surface area contributed by atoms with Crippen molar-refractivity contribution in [2.45, 2.75) is 32.3 Å². The summed E-state index contributed by atoms with van der Waals surface area (Å²) in [6.07, 6.45) is 4.07. The lowest BCUT2D eigenvalue weighted by Crippen LogP contribution is -2.37. The molecule has 0 bridgehead atoms. The zero-order chi connectivity index (χ0) is 16.7. The molecule has 4 nitrogen and oxygen atoms in total.